The molecular formula is C12H20N4O8S. The van der Waals surface area contributed by atoms with Crippen LogP contribution >= 0.6 is 0 Å². The standard InChI is InChI=1S/C12H20N4O8S/c17-11(14-23-9-5-13-3-4-22-7-9)10-2-1-8-6-15(10)12(18)16(8)24-25(19,20)21/h8-10,13H,1-7H2,(H,14,17)(H,19,20,21)/t8-,9?,10+/m1/s1. The van der Waals surface area contributed by atoms with Gasteiger partial charge in [0.2, 0.25) is 0 Å². The van der Waals surface area contributed by atoms with Crippen molar-refractivity contribution in [1.82, 2.24) is 20.8 Å². The number of hydroxylamine groups is 3. The minimum atomic E-state index is -4.81. The molecule has 0 spiro atoms. The first-order chi connectivity index (χ1) is 11.8. The zero-order valence-corrected chi connectivity index (χ0v) is 14.1. The maximum absolute atomic E-state index is 12.3. The van der Waals surface area contributed by atoms with E-state index >= 15 is 0 Å². The van der Waals surface area contributed by atoms with Crippen molar-refractivity contribution in [2.75, 3.05) is 32.8 Å². The molecule has 3 fully saturated rings. The highest BCUT2D eigenvalue weighted by Crippen LogP contribution is 2.30. The van der Waals surface area contributed by atoms with Crippen molar-refractivity contribution >= 4 is 22.3 Å². The summed E-state index contributed by atoms with van der Waals surface area (Å²) in [4.78, 5) is 31.1. The van der Waals surface area contributed by atoms with Crippen molar-refractivity contribution in [3.8, 4) is 0 Å². The molecule has 3 heterocycles. The summed E-state index contributed by atoms with van der Waals surface area (Å²) < 4.78 is 40.1. The van der Waals surface area contributed by atoms with Crippen LogP contribution in [0, 0.1) is 0 Å². The third-order valence-electron chi connectivity index (χ3n) is 4.23. The fraction of sp³-hybridized carbons (Fsp3) is 0.833. The highest BCUT2D eigenvalue weighted by molar-refractivity contribution is 7.80. The molecule has 3 saturated heterocycles. The fourth-order valence-electron chi connectivity index (χ4n) is 3.07. The summed E-state index contributed by atoms with van der Waals surface area (Å²) in [6, 6.07) is -2.14. The van der Waals surface area contributed by atoms with Crippen LogP contribution in [0.1, 0.15) is 12.8 Å². The largest absolute Gasteiger partial charge is 0.418 e. The number of fused-ring (bicyclic) bond motifs is 2. The van der Waals surface area contributed by atoms with Crippen LogP contribution in [-0.2, 0) is 29.1 Å². The summed E-state index contributed by atoms with van der Waals surface area (Å²) in [6.45, 7) is 2.23. The molecule has 3 N–H and O–H groups in total. The van der Waals surface area contributed by atoms with E-state index in [4.69, 9.17) is 14.1 Å². The summed E-state index contributed by atoms with van der Waals surface area (Å²) in [5, 5.41) is 3.68. The maximum atomic E-state index is 12.3. The molecule has 0 radical (unpaired) electrons. The lowest BCUT2D eigenvalue weighted by molar-refractivity contribution is -0.145. The second kappa shape index (κ2) is 7.39. The van der Waals surface area contributed by atoms with Gasteiger partial charge >= 0.3 is 16.4 Å². The Bertz CT molecular complexity index is 621. The second-order valence-electron chi connectivity index (χ2n) is 6.00. The van der Waals surface area contributed by atoms with E-state index in [1.165, 1.54) is 4.90 Å². The average Bonchev–Trinajstić information content (AvgIpc) is 2.77. The molecule has 3 rings (SSSR count). The third kappa shape index (κ3) is 4.37. The van der Waals surface area contributed by atoms with Gasteiger partial charge in [-0.05, 0) is 12.8 Å². The van der Waals surface area contributed by atoms with Crippen LogP contribution in [0.25, 0.3) is 0 Å². The number of ether oxygens (including phenoxy) is 1. The molecule has 0 aromatic rings. The van der Waals surface area contributed by atoms with Gasteiger partial charge in [-0.25, -0.2) is 10.3 Å². The third-order valence-corrected chi connectivity index (χ3v) is 4.57. The van der Waals surface area contributed by atoms with Gasteiger partial charge in [-0.1, -0.05) is 0 Å². The van der Waals surface area contributed by atoms with Gasteiger partial charge in [-0.15, -0.1) is 4.28 Å². The van der Waals surface area contributed by atoms with Crippen molar-refractivity contribution in [2.45, 2.75) is 31.0 Å². The molecule has 0 aromatic carbocycles. The molecule has 142 valence electrons. The van der Waals surface area contributed by atoms with Gasteiger partial charge in [-0.3, -0.25) is 14.2 Å². The lowest BCUT2D eigenvalue weighted by atomic mass is 10.0. The molecule has 25 heavy (non-hydrogen) atoms. The van der Waals surface area contributed by atoms with Gasteiger partial charge in [0, 0.05) is 19.6 Å². The Morgan fingerprint density at radius 1 is 1.40 bits per heavy atom. The van der Waals surface area contributed by atoms with Gasteiger partial charge in [0.05, 0.1) is 19.3 Å². The SMILES string of the molecule is O=C(NOC1CNCCOC1)[C@@H]1CC[C@@H]2CN1C(=O)N2OS(=O)(=O)O. The van der Waals surface area contributed by atoms with Gasteiger partial charge in [0.1, 0.15) is 12.1 Å². The molecule has 3 aliphatic rings. The van der Waals surface area contributed by atoms with Gasteiger partial charge in [-0.2, -0.15) is 13.5 Å². The minimum Gasteiger partial charge on any atom is -0.377 e. The lowest BCUT2D eigenvalue weighted by Crippen LogP contribution is -2.51. The zero-order valence-electron chi connectivity index (χ0n) is 13.3. The Morgan fingerprint density at radius 3 is 2.96 bits per heavy atom. The maximum Gasteiger partial charge on any atom is 0.418 e. The Kier molecular flexibility index (Phi) is 5.41. The van der Waals surface area contributed by atoms with E-state index in [1.807, 2.05) is 0 Å². The van der Waals surface area contributed by atoms with Gasteiger partial charge < -0.3 is 15.0 Å². The number of hydrogen-bond acceptors (Lipinski definition) is 8. The highest BCUT2D eigenvalue weighted by Gasteiger charge is 2.49. The number of hydrogen-bond donors (Lipinski definition) is 3. The van der Waals surface area contributed by atoms with Crippen LogP contribution in [0.3, 0.4) is 0 Å². The van der Waals surface area contributed by atoms with Crippen molar-refractivity contribution in [2.24, 2.45) is 0 Å². The van der Waals surface area contributed by atoms with Crippen molar-refractivity contribution in [3.63, 3.8) is 0 Å². The number of nitrogens with zero attached hydrogens (tertiary/aromatic N) is 2. The molecule has 3 amide bonds. The van der Waals surface area contributed by atoms with Crippen LogP contribution in [0.4, 0.5) is 4.79 Å². The van der Waals surface area contributed by atoms with Crippen LogP contribution in [0.15, 0.2) is 0 Å². The number of piperidine rings is 1. The van der Waals surface area contributed by atoms with Crippen LogP contribution in [0.2, 0.25) is 0 Å². The van der Waals surface area contributed by atoms with Crippen molar-refractivity contribution in [1.29, 1.82) is 0 Å². The summed E-state index contributed by atoms with van der Waals surface area (Å²) in [6.07, 6.45) is 0.316. The van der Waals surface area contributed by atoms with Crippen LogP contribution in [-0.4, -0.2) is 85.9 Å². The molecule has 0 saturated carbocycles. The molecule has 13 heteroatoms. The number of urea groups is 1. The first kappa shape index (κ1) is 18.3. The Morgan fingerprint density at radius 2 is 2.20 bits per heavy atom. The molecule has 1 unspecified atom stereocenters. The van der Waals surface area contributed by atoms with E-state index in [-0.39, 0.29) is 12.6 Å². The molecular weight excluding hydrogens is 360 g/mol. The fourth-order valence-corrected chi connectivity index (χ4v) is 3.46. The monoisotopic (exact) mass is 380 g/mol. The van der Waals surface area contributed by atoms with E-state index in [0.29, 0.717) is 44.2 Å². The number of amides is 3. The molecule has 2 bridgehead atoms. The lowest BCUT2D eigenvalue weighted by Gasteiger charge is -2.29. The molecule has 12 nitrogen and oxygen atoms in total. The Hall–Kier alpha value is -1.51. The topological polar surface area (TPSA) is 147 Å². The highest BCUT2D eigenvalue weighted by atomic mass is 32.3. The van der Waals surface area contributed by atoms with Gasteiger partial charge in [0.25, 0.3) is 5.91 Å². The molecule has 3 aliphatic heterocycles. The smallest absolute Gasteiger partial charge is 0.377 e. The van der Waals surface area contributed by atoms with Gasteiger partial charge in [0.15, 0.2) is 0 Å². The van der Waals surface area contributed by atoms with E-state index in [1.54, 1.807) is 0 Å². The van der Waals surface area contributed by atoms with E-state index in [9.17, 15) is 18.0 Å². The predicted octanol–water partition coefficient (Wildman–Crippen LogP) is -1.97. The zero-order chi connectivity index (χ0) is 18.0. The number of nitrogens with one attached hydrogen (secondary N) is 2. The summed E-state index contributed by atoms with van der Waals surface area (Å²) in [5.41, 5.74) is 2.34. The van der Waals surface area contributed by atoms with Crippen molar-refractivity contribution < 1.29 is 36.4 Å². The Labute approximate surface area is 144 Å². The number of carbonyl (C=O) groups excluding carboxylic acids is 2. The number of carbonyl (C=O) groups is 2. The summed E-state index contributed by atoms with van der Waals surface area (Å²) >= 11 is 0. The minimum absolute atomic E-state index is 0.126. The average molecular weight is 380 g/mol. The van der Waals surface area contributed by atoms with E-state index < -0.39 is 34.4 Å². The van der Waals surface area contributed by atoms with Crippen LogP contribution in [0.5, 0.6) is 0 Å². The first-order valence-corrected chi connectivity index (χ1v) is 9.22. The predicted molar refractivity (Wildman–Crippen MR) is 80.1 cm³/mol. The second-order valence-corrected chi connectivity index (χ2v) is 7.00. The van der Waals surface area contributed by atoms with Crippen molar-refractivity contribution in [3.05, 3.63) is 0 Å². The molecule has 3 atom stereocenters. The molecule has 0 aliphatic carbocycles. The van der Waals surface area contributed by atoms with E-state index in [2.05, 4.69) is 15.1 Å². The first-order valence-electron chi connectivity index (χ1n) is 7.86. The summed E-state index contributed by atoms with van der Waals surface area (Å²) in [7, 11) is -4.81. The quantitative estimate of drug-likeness (QED) is 0.365. The van der Waals surface area contributed by atoms with E-state index in [0.717, 1.165) is 0 Å². The normalized spacial score (nSPS) is 30.3. The number of rotatable bonds is 5. The molecule has 0 aromatic heterocycles. The summed E-state index contributed by atoms with van der Waals surface area (Å²) in [5.74, 6) is -0.509. The Balaban J connectivity index is 1.56. The van der Waals surface area contributed by atoms with Crippen LogP contribution < -0.4 is 10.8 Å².